The van der Waals surface area contributed by atoms with Crippen LogP contribution < -0.4 is 0 Å². The summed E-state index contributed by atoms with van der Waals surface area (Å²) in [6.07, 6.45) is 3.27. The summed E-state index contributed by atoms with van der Waals surface area (Å²) in [5.74, 6) is -0.297. The van der Waals surface area contributed by atoms with E-state index in [0.29, 0.717) is 0 Å². The molecule has 0 aliphatic carbocycles. The minimum atomic E-state index is -0.297. The quantitative estimate of drug-likeness (QED) is 0.510. The largest absolute Gasteiger partial charge is 0.466 e. The predicted octanol–water partition coefficient (Wildman–Crippen LogP) is 1.69. The second kappa shape index (κ2) is 5.81. The summed E-state index contributed by atoms with van der Waals surface area (Å²) < 4.78 is 4.49. The molecule has 14 heavy (non-hydrogen) atoms. The number of rotatable bonds is 4. The number of esters is 1. The smallest absolute Gasteiger partial charge is 0.330 e. The molecule has 0 fully saturated rings. The Morgan fingerprint density at radius 2 is 2.00 bits per heavy atom. The van der Waals surface area contributed by atoms with E-state index in [1.165, 1.54) is 13.2 Å². The molecule has 0 heterocycles. The first-order chi connectivity index (χ1) is 6.35. The molecule has 0 unspecified atom stereocenters. The van der Waals surface area contributed by atoms with E-state index in [0.717, 1.165) is 13.1 Å². The summed E-state index contributed by atoms with van der Waals surface area (Å²) in [5, 5.41) is 0. The van der Waals surface area contributed by atoms with E-state index in [2.05, 4.69) is 30.4 Å². The first kappa shape index (κ1) is 13.2. The number of nitrogens with zero attached hydrogens (tertiary/aromatic N) is 1. The standard InChI is InChI=1S/C11H21NO2/c1-11(2,3)9-12(4)8-6-7-10(13)14-5/h6-7H,8-9H2,1-5H3/b7-6+. The van der Waals surface area contributed by atoms with Crippen molar-refractivity contribution in [2.45, 2.75) is 20.8 Å². The first-order valence-corrected chi connectivity index (χ1v) is 4.78. The van der Waals surface area contributed by atoms with Gasteiger partial charge in [0.25, 0.3) is 0 Å². The van der Waals surface area contributed by atoms with Crippen molar-refractivity contribution in [2.24, 2.45) is 5.41 Å². The lowest BCUT2D eigenvalue weighted by molar-refractivity contribution is -0.134. The molecule has 0 aliphatic heterocycles. The van der Waals surface area contributed by atoms with Gasteiger partial charge >= 0.3 is 5.97 Å². The molecule has 0 radical (unpaired) electrons. The van der Waals surface area contributed by atoms with E-state index in [1.807, 2.05) is 13.1 Å². The van der Waals surface area contributed by atoms with Gasteiger partial charge in [-0.1, -0.05) is 26.8 Å². The molecular formula is C11H21NO2. The first-order valence-electron chi connectivity index (χ1n) is 4.78. The molecule has 0 saturated carbocycles. The van der Waals surface area contributed by atoms with E-state index in [9.17, 15) is 4.79 Å². The second-order valence-electron chi connectivity index (χ2n) is 4.68. The Labute approximate surface area is 86.7 Å². The van der Waals surface area contributed by atoms with Gasteiger partial charge in [-0.3, -0.25) is 0 Å². The van der Waals surface area contributed by atoms with Gasteiger partial charge in [-0.15, -0.1) is 0 Å². The molecule has 0 bridgehead atoms. The summed E-state index contributed by atoms with van der Waals surface area (Å²) >= 11 is 0. The summed E-state index contributed by atoms with van der Waals surface area (Å²) in [5.41, 5.74) is 0.286. The maximum absolute atomic E-state index is 10.8. The van der Waals surface area contributed by atoms with Gasteiger partial charge in [0.2, 0.25) is 0 Å². The highest BCUT2D eigenvalue weighted by atomic mass is 16.5. The molecule has 0 amide bonds. The molecule has 0 aromatic carbocycles. The van der Waals surface area contributed by atoms with Crippen LogP contribution in [-0.2, 0) is 9.53 Å². The molecule has 3 heteroatoms. The normalized spacial score (nSPS) is 12.4. The highest BCUT2D eigenvalue weighted by Gasteiger charge is 2.12. The van der Waals surface area contributed by atoms with Crippen LogP contribution in [0.2, 0.25) is 0 Å². The summed E-state index contributed by atoms with van der Waals surface area (Å²) in [4.78, 5) is 12.9. The van der Waals surface area contributed by atoms with Crippen LogP contribution in [0, 0.1) is 5.41 Å². The fourth-order valence-corrected chi connectivity index (χ4v) is 1.27. The van der Waals surface area contributed by atoms with Crippen LogP contribution in [0.15, 0.2) is 12.2 Å². The van der Waals surface area contributed by atoms with Gasteiger partial charge in [0.15, 0.2) is 0 Å². The van der Waals surface area contributed by atoms with E-state index >= 15 is 0 Å². The Balaban J connectivity index is 3.80. The zero-order chi connectivity index (χ0) is 11.2. The van der Waals surface area contributed by atoms with E-state index < -0.39 is 0 Å². The van der Waals surface area contributed by atoms with Crippen molar-refractivity contribution in [3.05, 3.63) is 12.2 Å². The molecule has 0 aromatic heterocycles. The fourth-order valence-electron chi connectivity index (χ4n) is 1.27. The van der Waals surface area contributed by atoms with Gasteiger partial charge in [-0.25, -0.2) is 4.79 Å². The van der Waals surface area contributed by atoms with Gasteiger partial charge in [0, 0.05) is 19.2 Å². The van der Waals surface area contributed by atoms with Crippen LogP contribution in [0.3, 0.4) is 0 Å². The van der Waals surface area contributed by atoms with Gasteiger partial charge in [0.05, 0.1) is 7.11 Å². The number of hydrogen-bond acceptors (Lipinski definition) is 3. The zero-order valence-corrected chi connectivity index (χ0v) is 9.83. The van der Waals surface area contributed by atoms with Gasteiger partial charge in [-0.05, 0) is 12.5 Å². The molecule has 3 nitrogen and oxygen atoms in total. The van der Waals surface area contributed by atoms with E-state index in [-0.39, 0.29) is 11.4 Å². The van der Waals surface area contributed by atoms with Crippen molar-refractivity contribution >= 4 is 5.97 Å². The van der Waals surface area contributed by atoms with Gasteiger partial charge < -0.3 is 9.64 Å². The number of likely N-dealkylation sites (N-methyl/N-ethyl adjacent to an activating group) is 1. The highest BCUT2D eigenvalue weighted by Crippen LogP contribution is 2.13. The van der Waals surface area contributed by atoms with Crippen molar-refractivity contribution in [3.63, 3.8) is 0 Å². The van der Waals surface area contributed by atoms with Crippen LogP contribution in [0.25, 0.3) is 0 Å². The van der Waals surface area contributed by atoms with E-state index in [4.69, 9.17) is 0 Å². The van der Waals surface area contributed by atoms with Crippen molar-refractivity contribution < 1.29 is 9.53 Å². The van der Waals surface area contributed by atoms with Crippen LogP contribution in [0.4, 0.5) is 0 Å². The lowest BCUT2D eigenvalue weighted by Crippen LogP contribution is -2.29. The molecule has 0 saturated heterocycles. The van der Waals surface area contributed by atoms with Crippen LogP contribution >= 0.6 is 0 Å². The molecule has 0 N–H and O–H groups in total. The number of methoxy groups -OCH3 is 1. The third kappa shape index (κ3) is 7.80. The molecule has 0 rings (SSSR count). The molecule has 0 aliphatic rings. The number of ether oxygens (including phenoxy) is 1. The third-order valence-electron chi connectivity index (χ3n) is 1.62. The van der Waals surface area contributed by atoms with Gasteiger partial charge in [0.1, 0.15) is 0 Å². The molecular weight excluding hydrogens is 178 g/mol. The minimum Gasteiger partial charge on any atom is -0.466 e. The molecule has 0 spiro atoms. The minimum absolute atomic E-state index is 0.286. The Bertz CT molecular complexity index is 204. The summed E-state index contributed by atoms with van der Waals surface area (Å²) in [6.45, 7) is 8.33. The molecule has 82 valence electrons. The average Bonchev–Trinajstić information content (AvgIpc) is 2.00. The van der Waals surface area contributed by atoms with Crippen LogP contribution in [0.5, 0.6) is 0 Å². The SMILES string of the molecule is COC(=O)/C=C/CN(C)CC(C)(C)C. The van der Waals surface area contributed by atoms with E-state index in [1.54, 1.807) is 0 Å². The summed E-state index contributed by atoms with van der Waals surface area (Å²) in [6, 6.07) is 0. The lowest BCUT2D eigenvalue weighted by atomic mass is 9.96. The zero-order valence-electron chi connectivity index (χ0n) is 9.83. The predicted molar refractivity (Wildman–Crippen MR) is 58.1 cm³/mol. The Hall–Kier alpha value is -0.830. The highest BCUT2D eigenvalue weighted by molar-refractivity contribution is 5.81. The number of carbonyl (C=O) groups is 1. The third-order valence-corrected chi connectivity index (χ3v) is 1.62. The Morgan fingerprint density at radius 3 is 2.43 bits per heavy atom. The van der Waals surface area contributed by atoms with Crippen LogP contribution in [0.1, 0.15) is 20.8 Å². The van der Waals surface area contributed by atoms with Crippen molar-refractivity contribution in [3.8, 4) is 0 Å². The molecule has 0 aromatic rings. The summed E-state index contributed by atoms with van der Waals surface area (Å²) in [7, 11) is 3.42. The number of hydrogen-bond donors (Lipinski definition) is 0. The van der Waals surface area contributed by atoms with Gasteiger partial charge in [-0.2, -0.15) is 0 Å². The average molecular weight is 199 g/mol. The lowest BCUT2D eigenvalue weighted by Gasteiger charge is -2.25. The fraction of sp³-hybridized carbons (Fsp3) is 0.727. The van der Waals surface area contributed by atoms with Crippen molar-refractivity contribution in [1.82, 2.24) is 4.90 Å². The van der Waals surface area contributed by atoms with Crippen LogP contribution in [-0.4, -0.2) is 38.1 Å². The Morgan fingerprint density at radius 1 is 1.43 bits per heavy atom. The number of carbonyl (C=O) groups excluding carboxylic acids is 1. The maximum atomic E-state index is 10.8. The molecule has 0 atom stereocenters. The van der Waals surface area contributed by atoms with Crippen molar-refractivity contribution in [1.29, 1.82) is 0 Å². The second-order valence-corrected chi connectivity index (χ2v) is 4.68. The topological polar surface area (TPSA) is 29.5 Å². The maximum Gasteiger partial charge on any atom is 0.330 e. The van der Waals surface area contributed by atoms with Crippen molar-refractivity contribution in [2.75, 3.05) is 27.2 Å². The Kier molecular flexibility index (Phi) is 5.46. The monoisotopic (exact) mass is 199 g/mol.